The molecule has 1 heterocycles. The first-order valence-corrected chi connectivity index (χ1v) is 8.99. The Morgan fingerprint density at radius 3 is 2.17 bits per heavy atom. The Balaban J connectivity index is 1.70. The van der Waals surface area contributed by atoms with Crippen molar-refractivity contribution in [3.05, 3.63) is 69.0 Å². The van der Waals surface area contributed by atoms with Crippen molar-refractivity contribution in [1.82, 2.24) is 9.80 Å². The summed E-state index contributed by atoms with van der Waals surface area (Å²) in [7, 11) is 1.52. The Morgan fingerprint density at radius 2 is 1.62 bits per heavy atom. The molecule has 0 aliphatic carbocycles. The third kappa shape index (κ3) is 4.18. The molecule has 2 aromatic rings. The number of ether oxygens (including phenoxy) is 1. The monoisotopic (exact) mass is 401 g/mol. The number of carbonyl (C=O) groups excluding carboxylic acids is 2. The van der Waals surface area contributed by atoms with Crippen molar-refractivity contribution >= 4 is 17.5 Å². The maximum absolute atomic E-state index is 14.0. The van der Waals surface area contributed by atoms with E-state index in [1.807, 2.05) is 0 Å². The summed E-state index contributed by atoms with van der Waals surface area (Å²) in [5.41, 5.74) is -0.131. The second-order valence-corrected chi connectivity index (χ2v) is 6.68. The first kappa shape index (κ1) is 20.2. The normalized spacial score (nSPS) is 13.9. The highest BCUT2D eigenvalue weighted by Gasteiger charge is 2.27. The molecule has 152 valence electrons. The van der Waals surface area contributed by atoms with Gasteiger partial charge in [0.2, 0.25) is 0 Å². The van der Waals surface area contributed by atoms with E-state index in [-0.39, 0.29) is 30.1 Å². The summed E-state index contributed by atoms with van der Waals surface area (Å²) in [5.74, 6) is -0.893. The van der Waals surface area contributed by atoms with Crippen molar-refractivity contribution in [1.29, 1.82) is 0 Å². The topological polar surface area (TPSA) is 93.0 Å². The van der Waals surface area contributed by atoms with Gasteiger partial charge in [0.1, 0.15) is 11.6 Å². The quantitative estimate of drug-likeness (QED) is 0.580. The fraction of sp³-hybridized carbons (Fsp3) is 0.300. The minimum Gasteiger partial charge on any atom is -0.497 e. The van der Waals surface area contributed by atoms with Gasteiger partial charge in [-0.1, -0.05) is 6.07 Å². The second-order valence-electron chi connectivity index (χ2n) is 6.68. The molecule has 2 aromatic carbocycles. The molecule has 1 aliphatic rings. The maximum atomic E-state index is 14.0. The van der Waals surface area contributed by atoms with Gasteiger partial charge in [-0.25, -0.2) is 4.39 Å². The SMILES string of the molecule is COc1cccc(C(=O)N2CCN(C(=O)c3cc(F)c(C)c([N+](=O)[O-])c3)CC2)c1. The van der Waals surface area contributed by atoms with Crippen LogP contribution in [0.3, 0.4) is 0 Å². The zero-order chi connectivity index (χ0) is 21.1. The van der Waals surface area contributed by atoms with Crippen molar-refractivity contribution in [2.45, 2.75) is 6.92 Å². The van der Waals surface area contributed by atoms with E-state index < -0.39 is 22.3 Å². The zero-order valence-corrected chi connectivity index (χ0v) is 16.1. The van der Waals surface area contributed by atoms with E-state index in [9.17, 15) is 24.1 Å². The number of hydrogen-bond donors (Lipinski definition) is 0. The van der Waals surface area contributed by atoms with Crippen molar-refractivity contribution in [3.63, 3.8) is 0 Å². The Labute approximate surface area is 166 Å². The Morgan fingerprint density at radius 1 is 1.03 bits per heavy atom. The van der Waals surface area contributed by atoms with Crippen LogP contribution in [0.5, 0.6) is 5.75 Å². The molecule has 1 fully saturated rings. The van der Waals surface area contributed by atoms with Crippen molar-refractivity contribution in [3.8, 4) is 5.75 Å². The molecule has 1 saturated heterocycles. The summed E-state index contributed by atoms with van der Waals surface area (Å²) in [6.45, 7) is 2.40. The standard InChI is InChI=1S/C20H20FN3O5/c1-13-17(21)11-15(12-18(13)24(27)28)20(26)23-8-6-22(7-9-23)19(25)14-4-3-5-16(10-14)29-2/h3-5,10-12H,6-9H2,1-2H3. The molecule has 3 rings (SSSR count). The van der Waals surface area contributed by atoms with E-state index in [1.165, 1.54) is 18.9 Å². The largest absolute Gasteiger partial charge is 0.497 e. The highest BCUT2D eigenvalue weighted by atomic mass is 19.1. The molecule has 0 saturated carbocycles. The summed E-state index contributed by atoms with van der Waals surface area (Å²) >= 11 is 0. The highest BCUT2D eigenvalue weighted by molar-refractivity contribution is 5.96. The van der Waals surface area contributed by atoms with Gasteiger partial charge in [-0.2, -0.15) is 0 Å². The minimum absolute atomic E-state index is 0.0765. The number of nitro groups is 1. The molecule has 8 nitrogen and oxygen atoms in total. The smallest absolute Gasteiger partial charge is 0.276 e. The van der Waals surface area contributed by atoms with Gasteiger partial charge in [-0.3, -0.25) is 19.7 Å². The highest BCUT2D eigenvalue weighted by Crippen LogP contribution is 2.24. The van der Waals surface area contributed by atoms with Crippen LogP contribution < -0.4 is 4.74 Å². The second kappa shape index (κ2) is 8.26. The number of hydrogen-bond acceptors (Lipinski definition) is 5. The first-order valence-electron chi connectivity index (χ1n) is 8.99. The number of nitrogens with zero attached hydrogens (tertiary/aromatic N) is 3. The van der Waals surface area contributed by atoms with Gasteiger partial charge in [0.25, 0.3) is 17.5 Å². The first-order chi connectivity index (χ1) is 13.8. The summed E-state index contributed by atoms with van der Waals surface area (Å²) in [6, 6.07) is 8.91. The number of nitro benzene ring substituents is 1. The van der Waals surface area contributed by atoms with Crippen LogP contribution in [0, 0.1) is 22.9 Å². The fourth-order valence-electron chi connectivity index (χ4n) is 3.21. The molecule has 0 radical (unpaired) electrons. The van der Waals surface area contributed by atoms with Crippen LogP contribution >= 0.6 is 0 Å². The molecule has 29 heavy (non-hydrogen) atoms. The number of piperazine rings is 1. The number of rotatable bonds is 4. The molecule has 0 unspecified atom stereocenters. The van der Waals surface area contributed by atoms with Gasteiger partial charge in [-0.15, -0.1) is 0 Å². The van der Waals surface area contributed by atoms with E-state index in [0.29, 0.717) is 24.4 Å². The molecule has 0 spiro atoms. The van der Waals surface area contributed by atoms with E-state index in [4.69, 9.17) is 4.74 Å². The lowest BCUT2D eigenvalue weighted by molar-refractivity contribution is -0.385. The summed E-state index contributed by atoms with van der Waals surface area (Å²) < 4.78 is 19.1. The summed E-state index contributed by atoms with van der Waals surface area (Å²) in [5, 5.41) is 11.1. The predicted molar refractivity (Wildman–Crippen MR) is 103 cm³/mol. The van der Waals surface area contributed by atoms with Crippen LogP contribution in [0.2, 0.25) is 0 Å². The Hall–Kier alpha value is -3.49. The Bertz CT molecular complexity index is 971. The molecule has 0 bridgehead atoms. The van der Waals surface area contributed by atoms with Crippen LogP contribution in [0.15, 0.2) is 36.4 Å². The predicted octanol–water partition coefficient (Wildman–Crippen LogP) is 2.65. The van der Waals surface area contributed by atoms with E-state index in [2.05, 4.69) is 0 Å². The van der Waals surface area contributed by atoms with Crippen LogP contribution in [0.25, 0.3) is 0 Å². The number of methoxy groups -OCH3 is 1. The summed E-state index contributed by atoms with van der Waals surface area (Å²) in [6.07, 6.45) is 0. The average molecular weight is 401 g/mol. The molecule has 0 atom stereocenters. The molecule has 9 heteroatoms. The minimum atomic E-state index is -0.797. The number of halogens is 1. The van der Waals surface area contributed by atoms with Crippen LogP contribution in [0.4, 0.5) is 10.1 Å². The molecular formula is C20H20FN3O5. The van der Waals surface area contributed by atoms with Gasteiger partial charge in [-0.05, 0) is 31.2 Å². The number of carbonyl (C=O) groups is 2. The van der Waals surface area contributed by atoms with Gasteiger partial charge in [0.05, 0.1) is 17.6 Å². The third-order valence-corrected chi connectivity index (χ3v) is 4.93. The van der Waals surface area contributed by atoms with Crippen molar-refractivity contribution in [2.24, 2.45) is 0 Å². The molecular weight excluding hydrogens is 381 g/mol. The summed E-state index contributed by atoms with van der Waals surface area (Å²) in [4.78, 5) is 38.8. The zero-order valence-electron chi connectivity index (χ0n) is 16.1. The molecule has 0 aromatic heterocycles. The lowest BCUT2D eigenvalue weighted by atomic mass is 10.1. The maximum Gasteiger partial charge on any atom is 0.276 e. The van der Waals surface area contributed by atoms with Gasteiger partial charge in [0.15, 0.2) is 0 Å². The van der Waals surface area contributed by atoms with Gasteiger partial charge < -0.3 is 14.5 Å². The fourth-order valence-corrected chi connectivity index (χ4v) is 3.21. The third-order valence-electron chi connectivity index (χ3n) is 4.93. The van der Waals surface area contributed by atoms with Gasteiger partial charge in [0, 0.05) is 43.4 Å². The van der Waals surface area contributed by atoms with Crippen molar-refractivity contribution < 1.29 is 23.6 Å². The lowest BCUT2D eigenvalue weighted by Gasteiger charge is -2.35. The average Bonchev–Trinajstić information content (AvgIpc) is 2.74. The van der Waals surface area contributed by atoms with Crippen LogP contribution in [0.1, 0.15) is 26.3 Å². The molecule has 1 aliphatic heterocycles. The molecule has 0 N–H and O–H groups in total. The molecule has 2 amide bonds. The van der Waals surface area contributed by atoms with E-state index in [0.717, 1.165) is 12.1 Å². The van der Waals surface area contributed by atoms with Crippen LogP contribution in [-0.4, -0.2) is 59.8 Å². The van der Waals surface area contributed by atoms with E-state index >= 15 is 0 Å². The van der Waals surface area contributed by atoms with Crippen molar-refractivity contribution in [2.75, 3.05) is 33.3 Å². The Kier molecular flexibility index (Phi) is 5.76. The number of benzene rings is 2. The van der Waals surface area contributed by atoms with Crippen LogP contribution in [-0.2, 0) is 0 Å². The van der Waals surface area contributed by atoms with E-state index in [1.54, 1.807) is 29.2 Å². The number of amides is 2. The lowest BCUT2D eigenvalue weighted by Crippen LogP contribution is -2.50. The van der Waals surface area contributed by atoms with Gasteiger partial charge >= 0.3 is 0 Å².